The smallest absolute Gasteiger partial charge is 0.324 e. The number of carbonyl (C=O) groups is 2. The number of halogens is 1. The van der Waals surface area contributed by atoms with Gasteiger partial charge in [0.25, 0.3) is 0 Å². The summed E-state index contributed by atoms with van der Waals surface area (Å²) in [7, 11) is 0. The Balaban J connectivity index is 1.61. The number of hydrogen-bond donors (Lipinski definition) is 3. The Kier molecular flexibility index (Phi) is 6.24. The van der Waals surface area contributed by atoms with Gasteiger partial charge in [-0.3, -0.25) is 10.1 Å². The molecule has 0 atom stereocenters. The number of ether oxygens (including phenoxy) is 1. The number of carbonyl (C=O) groups excluding carboxylic acids is 1. The molecule has 4 aromatic rings. The van der Waals surface area contributed by atoms with Gasteiger partial charge in [-0.2, -0.15) is 0 Å². The van der Waals surface area contributed by atoms with Crippen molar-refractivity contribution in [2.45, 2.75) is 40.0 Å². The average molecular weight is 504 g/mol. The fourth-order valence-electron chi connectivity index (χ4n) is 4.67. The lowest BCUT2D eigenvalue weighted by Gasteiger charge is -2.23. The molecule has 10 heteroatoms. The van der Waals surface area contributed by atoms with Crippen molar-refractivity contribution in [2.24, 2.45) is 0 Å². The van der Waals surface area contributed by atoms with Crippen LogP contribution in [0.2, 0.25) is 0 Å². The van der Waals surface area contributed by atoms with E-state index in [4.69, 9.17) is 4.74 Å². The summed E-state index contributed by atoms with van der Waals surface area (Å²) in [5.41, 5.74) is 5.44. The zero-order valence-electron chi connectivity index (χ0n) is 20.7. The van der Waals surface area contributed by atoms with E-state index in [9.17, 15) is 14.7 Å². The summed E-state index contributed by atoms with van der Waals surface area (Å²) in [5, 5.41) is 19.6. The third-order valence-corrected chi connectivity index (χ3v) is 6.48. The first-order valence-corrected chi connectivity index (χ1v) is 11.9. The minimum absolute atomic E-state index is 0.213. The summed E-state index contributed by atoms with van der Waals surface area (Å²) in [4.78, 5) is 28.9. The maximum atomic E-state index is 15.1. The molecule has 0 saturated heterocycles. The summed E-state index contributed by atoms with van der Waals surface area (Å²) in [6, 6.07) is 9.79. The molecule has 190 valence electrons. The van der Waals surface area contributed by atoms with Gasteiger partial charge < -0.3 is 15.2 Å². The molecule has 1 aliphatic heterocycles. The van der Waals surface area contributed by atoms with Crippen LogP contribution < -0.4 is 15.4 Å². The monoisotopic (exact) mass is 503 g/mol. The number of anilines is 2. The highest BCUT2D eigenvalue weighted by atomic mass is 19.1. The molecule has 9 nitrogen and oxygen atoms in total. The molecule has 0 unspecified atom stereocenters. The quantitative estimate of drug-likeness (QED) is 0.351. The number of rotatable bonds is 5. The van der Waals surface area contributed by atoms with Crippen LogP contribution in [0.3, 0.4) is 0 Å². The molecule has 0 aliphatic carbocycles. The molecular weight excluding hydrogens is 477 g/mol. The van der Waals surface area contributed by atoms with Crippen LogP contribution in [0.5, 0.6) is 5.75 Å². The summed E-state index contributed by atoms with van der Waals surface area (Å²) in [6.07, 6.45) is 1.09. The maximum absolute atomic E-state index is 15.1. The summed E-state index contributed by atoms with van der Waals surface area (Å²) in [5.74, 6) is -1.11. The Bertz CT molecular complexity index is 1550. The molecule has 1 aliphatic rings. The van der Waals surface area contributed by atoms with Crippen LogP contribution in [0.25, 0.3) is 16.9 Å². The number of carboxylic acid groups (broad SMARTS) is 1. The summed E-state index contributed by atoms with van der Waals surface area (Å²) in [6.45, 7) is 5.98. The van der Waals surface area contributed by atoms with Crippen LogP contribution in [0.4, 0.5) is 20.7 Å². The van der Waals surface area contributed by atoms with Gasteiger partial charge in [-0.15, -0.1) is 5.10 Å². The van der Waals surface area contributed by atoms with E-state index in [0.717, 1.165) is 23.1 Å². The van der Waals surface area contributed by atoms with Gasteiger partial charge in [0, 0.05) is 34.1 Å². The number of benzene rings is 2. The molecule has 3 N–H and O–H groups in total. The lowest BCUT2D eigenvalue weighted by atomic mass is 9.91. The number of amides is 2. The van der Waals surface area contributed by atoms with Gasteiger partial charge in [0.15, 0.2) is 23.0 Å². The van der Waals surface area contributed by atoms with Crippen molar-refractivity contribution >= 4 is 29.2 Å². The lowest BCUT2D eigenvalue weighted by Crippen LogP contribution is -2.19. The molecule has 37 heavy (non-hydrogen) atoms. The van der Waals surface area contributed by atoms with Crippen molar-refractivity contribution in [3.8, 4) is 17.0 Å². The number of aromatic nitrogens is 3. The van der Waals surface area contributed by atoms with Gasteiger partial charge in [-0.25, -0.2) is 18.7 Å². The zero-order valence-corrected chi connectivity index (χ0v) is 20.7. The van der Waals surface area contributed by atoms with Gasteiger partial charge in [0.2, 0.25) is 0 Å². The highest BCUT2D eigenvalue weighted by Crippen LogP contribution is 2.39. The van der Waals surface area contributed by atoms with Crippen LogP contribution in [0.1, 0.15) is 34.4 Å². The highest BCUT2D eigenvalue weighted by molar-refractivity contribution is 5.99. The molecule has 0 fully saturated rings. The fraction of sp³-hybridized carbons (Fsp3) is 0.259. The molecule has 5 rings (SSSR count). The van der Waals surface area contributed by atoms with Crippen molar-refractivity contribution < 1.29 is 23.8 Å². The number of urea groups is 1. The molecule has 2 amide bonds. The van der Waals surface area contributed by atoms with Crippen LogP contribution in [0.15, 0.2) is 36.4 Å². The minimum atomic E-state index is -1.05. The van der Waals surface area contributed by atoms with Crippen LogP contribution in [-0.4, -0.2) is 38.3 Å². The van der Waals surface area contributed by atoms with E-state index < -0.39 is 17.8 Å². The van der Waals surface area contributed by atoms with Crippen molar-refractivity contribution in [3.63, 3.8) is 0 Å². The fourth-order valence-corrected chi connectivity index (χ4v) is 4.67. The number of carboxylic acids is 1. The second kappa shape index (κ2) is 9.53. The third-order valence-electron chi connectivity index (χ3n) is 6.48. The Morgan fingerprint density at radius 3 is 2.62 bits per heavy atom. The van der Waals surface area contributed by atoms with Gasteiger partial charge in [-0.05, 0) is 57.4 Å². The lowest BCUT2D eigenvalue weighted by molar-refractivity contribution is -0.136. The molecule has 0 saturated carbocycles. The maximum Gasteiger partial charge on any atom is 0.324 e. The van der Waals surface area contributed by atoms with E-state index in [2.05, 4.69) is 20.7 Å². The van der Waals surface area contributed by atoms with Crippen LogP contribution >= 0.6 is 0 Å². The van der Waals surface area contributed by atoms with Crippen molar-refractivity contribution in [1.82, 2.24) is 14.6 Å². The standard InChI is InChI=1S/C27H26FN5O4/c1-14-6-8-17(9-7-14)30-27(36)31-22-13-23-29-16(3)20(12-24(34)35)25(33(23)32-22)19-11-21(28)26-18(15(19)2)5-4-10-37-26/h6-9,11,13H,4-5,10,12H2,1-3H3,(H,34,35)(H2,30,31,32,36). The average Bonchev–Trinajstić information content (AvgIpc) is 3.24. The van der Waals surface area contributed by atoms with Gasteiger partial charge >= 0.3 is 12.0 Å². The number of aryl methyl sites for hydroxylation is 2. The van der Waals surface area contributed by atoms with Crippen LogP contribution in [0, 0.1) is 26.6 Å². The Hall–Kier alpha value is -4.47. The number of nitrogens with zero attached hydrogens (tertiary/aromatic N) is 3. The normalized spacial score (nSPS) is 12.6. The Labute approximate surface area is 212 Å². The number of fused-ring (bicyclic) bond motifs is 2. The van der Waals surface area contributed by atoms with Gasteiger partial charge in [0.05, 0.1) is 18.7 Å². The third kappa shape index (κ3) is 4.69. The van der Waals surface area contributed by atoms with Gasteiger partial charge in [0.1, 0.15) is 0 Å². The Morgan fingerprint density at radius 2 is 1.89 bits per heavy atom. The largest absolute Gasteiger partial charge is 0.490 e. The van der Waals surface area contributed by atoms with E-state index in [-0.39, 0.29) is 18.0 Å². The minimum Gasteiger partial charge on any atom is -0.490 e. The first-order chi connectivity index (χ1) is 17.7. The summed E-state index contributed by atoms with van der Waals surface area (Å²) < 4.78 is 22.2. The molecular formula is C27H26FN5O4. The van der Waals surface area contributed by atoms with Crippen molar-refractivity contribution in [3.05, 3.63) is 70.2 Å². The van der Waals surface area contributed by atoms with Crippen molar-refractivity contribution in [1.29, 1.82) is 0 Å². The Morgan fingerprint density at radius 1 is 1.14 bits per heavy atom. The molecule has 2 aromatic heterocycles. The topological polar surface area (TPSA) is 118 Å². The van der Waals surface area contributed by atoms with Crippen molar-refractivity contribution in [2.75, 3.05) is 17.2 Å². The molecule has 0 spiro atoms. The van der Waals surface area contributed by atoms with Gasteiger partial charge in [-0.1, -0.05) is 17.7 Å². The molecule has 3 heterocycles. The SMILES string of the molecule is Cc1ccc(NC(=O)Nc2cc3nc(C)c(CC(=O)O)c(-c4cc(F)c5c(c4C)CCCO5)n3n2)cc1. The first kappa shape index (κ1) is 24.2. The second-order valence-corrected chi connectivity index (χ2v) is 9.13. The molecule has 2 aromatic carbocycles. The van der Waals surface area contributed by atoms with E-state index in [0.29, 0.717) is 46.9 Å². The number of aliphatic carboxylic acids is 1. The summed E-state index contributed by atoms with van der Waals surface area (Å²) >= 11 is 0. The first-order valence-electron chi connectivity index (χ1n) is 11.9. The van der Waals surface area contributed by atoms with E-state index in [1.165, 1.54) is 10.6 Å². The highest BCUT2D eigenvalue weighted by Gasteiger charge is 2.26. The van der Waals surface area contributed by atoms with E-state index in [1.54, 1.807) is 25.1 Å². The molecule has 0 bridgehead atoms. The number of hydrogen-bond acceptors (Lipinski definition) is 5. The molecule has 0 radical (unpaired) electrons. The second-order valence-electron chi connectivity index (χ2n) is 9.13. The van der Waals surface area contributed by atoms with E-state index >= 15 is 4.39 Å². The van der Waals surface area contributed by atoms with E-state index in [1.807, 2.05) is 26.0 Å². The van der Waals surface area contributed by atoms with Crippen LogP contribution in [-0.2, 0) is 17.6 Å². The zero-order chi connectivity index (χ0) is 26.3. The number of nitrogens with one attached hydrogen (secondary N) is 2. The predicted octanol–water partition coefficient (Wildman–Crippen LogP) is 5.06. The predicted molar refractivity (Wildman–Crippen MR) is 137 cm³/mol.